The number of carbonyl (C=O) groups excluding carboxylic acids is 1. The molecule has 1 heterocycles. The molecule has 0 radical (unpaired) electrons. The zero-order valence-corrected chi connectivity index (χ0v) is 9.89. The molecule has 1 aromatic rings. The van der Waals surface area contributed by atoms with Crippen LogP contribution in [-0.4, -0.2) is 28.9 Å². The van der Waals surface area contributed by atoms with Crippen LogP contribution in [0.25, 0.3) is 0 Å². The van der Waals surface area contributed by atoms with E-state index in [0.717, 1.165) is 13.0 Å². The highest BCUT2D eigenvalue weighted by atomic mass is 16.2. The maximum atomic E-state index is 12.0. The second kappa shape index (κ2) is 6.23. The van der Waals surface area contributed by atoms with Crippen LogP contribution >= 0.6 is 0 Å². The lowest BCUT2D eigenvalue weighted by molar-refractivity contribution is -0.132. The molecule has 4 heteroatoms. The van der Waals surface area contributed by atoms with Crippen LogP contribution in [0.15, 0.2) is 24.4 Å². The summed E-state index contributed by atoms with van der Waals surface area (Å²) in [5.74, 6) is -0.0527. The quantitative estimate of drug-likeness (QED) is 0.816. The Hall–Kier alpha value is -1.42. The summed E-state index contributed by atoms with van der Waals surface area (Å²) in [6.07, 6.45) is 2.59. The highest BCUT2D eigenvalue weighted by Crippen LogP contribution is 2.10. The van der Waals surface area contributed by atoms with Crippen molar-refractivity contribution in [2.45, 2.75) is 26.3 Å². The van der Waals surface area contributed by atoms with E-state index in [-0.39, 0.29) is 5.91 Å². The van der Waals surface area contributed by atoms with Gasteiger partial charge in [-0.25, -0.2) is 0 Å². The molecule has 2 N–H and O–H groups in total. The van der Waals surface area contributed by atoms with Gasteiger partial charge in [-0.3, -0.25) is 9.78 Å². The summed E-state index contributed by atoms with van der Waals surface area (Å²) in [7, 11) is 0. The molecule has 0 aliphatic rings. The average Bonchev–Trinajstić information content (AvgIpc) is 2.35. The number of rotatable bonds is 5. The lowest BCUT2D eigenvalue weighted by atomic mass is 10.1. The Bertz CT molecular complexity index is 326. The molecule has 1 aromatic heterocycles. The Kier molecular flexibility index (Phi) is 4.92. The third-order valence-electron chi connectivity index (χ3n) is 2.46. The lowest BCUT2D eigenvalue weighted by Gasteiger charge is -2.23. The highest BCUT2D eigenvalue weighted by molar-refractivity contribution is 5.82. The Morgan fingerprint density at radius 3 is 2.75 bits per heavy atom. The van der Waals surface area contributed by atoms with Crippen molar-refractivity contribution in [2.75, 3.05) is 13.1 Å². The van der Waals surface area contributed by atoms with Crippen molar-refractivity contribution in [3.05, 3.63) is 30.1 Å². The number of aromatic nitrogens is 1. The molecule has 4 nitrogen and oxygen atoms in total. The summed E-state index contributed by atoms with van der Waals surface area (Å²) in [4.78, 5) is 17.9. The van der Waals surface area contributed by atoms with E-state index >= 15 is 0 Å². The van der Waals surface area contributed by atoms with Crippen LogP contribution in [0.2, 0.25) is 0 Å². The van der Waals surface area contributed by atoms with Gasteiger partial charge >= 0.3 is 0 Å². The van der Waals surface area contributed by atoms with Crippen LogP contribution in [0.4, 0.5) is 0 Å². The van der Waals surface area contributed by atoms with Gasteiger partial charge in [-0.15, -0.1) is 0 Å². The first-order valence-electron chi connectivity index (χ1n) is 5.66. The van der Waals surface area contributed by atoms with Crippen molar-refractivity contribution in [1.29, 1.82) is 0 Å². The standard InChI is InChI=1S/C12H19N3O/c1-3-9-15(4-2)12(16)11(13)10-7-5-6-8-14-10/h5-8,11H,3-4,9,13H2,1-2H3. The molecular formula is C12H19N3O. The van der Waals surface area contributed by atoms with E-state index in [1.54, 1.807) is 17.2 Å². The molecule has 88 valence electrons. The first-order valence-corrected chi connectivity index (χ1v) is 5.66. The minimum absolute atomic E-state index is 0.0527. The van der Waals surface area contributed by atoms with Gasteiger partial charge in [-0.2, -0.15) is 0 Å². The number of nitrogens with zero attached hydrogens (tertiary/aromatic N) is 2. The summed E-state index contributed by atoms with van der Waals surface area (Å²) in [6.45, 7) is 5.43. The fourth-order valence-corrected chi connectivity index (χ4v) is 1.58. The molecular weight excluding hydrogens is 202 g/mol. The van der Waals surface area contributed by atoms with E-state index in [1.807, 2.05) is 26.0 Å². The second-order valence-electron chi connectivity index (χ2n) is 3.65. The molecule has 0 aliphatic carbocycles. The first kappa shape index (κ1) is 12.6. The molecule has 0 saturated heterocycles. The zero-order chi connectivity index (χ0) is 12.0. The Morgan fingerprint density at radius 1 is 1.50 bits per heavy atom. The van der Waals surface area contributed by atoms with Gasteiger partial charge in [0.05, 0.1) is 5.69 Å². The highest BCUT2D eigenvalue weighted by Gasteiger charge is 2.21. The molecule has 0 fully saturated rings. The number of likely N-dealkylation sites (N-methyl/N-ethyl adjacent to an activating group) is 1. The van der Waals surface area contributed by atoms with E-state index in [2.05, 4.69) is 4.98 Å². The molecule has 1 atom stereocenters. The molecule has 0 bridgehead atoms. The van der Waals surface area contributed by atoms with Gasteiger partial charge < -0.3 is 10.6 Å². The number of nitrogens with two attached hydrogens (primary N) is 1. The molecule has 1 rings (SSSR count). The molecule has 0 aliphatic heterocycles. The minimum atomic E-state index is -0.646. The molecule has 0 saturated carbocycles. The summed E-state index contributed by atoms with van der Waals surface area (Å²) in [5, 5.41) is 0. The van der Waals surface area contributed by atoms with Crippen LogP contribution in [0, 0.1) is 0 Å². The van der Waals surface area contributed by atoms with Crippen LogP contribution in [0.5, 0.6) is 0 Å². The van der Waals surface area contributed by atoms with Crippen LogP contribution < -0.4 is 5.73 Å². The van der Waals surface area contributed by atoms with Crippen molar-refractivity contribution in [3.8, 4) is 0 Å². The normalized spacial score (nSPS) is 12.2. The van der Waals surface area contributed by atoms with Crippen LogP contribution in [-0.2, 0) is 4.79 Å². The topological polar surface area (TPSA) is 59.2 Å². The monoisotopic (exact) mass is 221 g/mol. The number of hydrogen-bond acceptors (Lipinski definition) is 3. The molecule has 0 aromatic carbocycles. The SMILES string of the molecule is CCCN(CC)C(=O)C(N)c1ccccn1. The van der Waals surface area contributed by atoms with E-state index in [0.29, 0.717) is 12.2 Å². The van der Waals surface area contributed by atoms with Crippen molar-refractivity contribution in [1.82, 2.24) is 9.88 Å². The molecule has 1 amide bonds. The maximum absolute atomic E-state index is 12.0. The van der Waals surface area contributed by atoms with E-state index in [4.69, 9.17) is 5.73 Å². The third-order valence-corrected chi connectivity index (χ3v) is 2.46. The molecule has 1 unspecified atom stereocenters. The zero-order valence-electron chi connectivity index (χ0n) is 9.89. The average molecular weight is 221 g/mol. The number of carbonyl (C=O) groups is 1. The van der Waals surface area contributed by atoms with Crippen LogP contribution in [0.3, 0.4) is 0 Å². The van der Waals surface area contributed by atoms with Crippen molar-refractivity contribution < 1.29 is 4.79 Å². The second-order valence-corrected chi connectivity index (χ2v) is 3.65. The predicted octanol–water partition coefficient (Wildman–Crippen LogP) is 1.34. The summed E-state index contributed by atoms with van der Waals surface area (Å²) < 4.78 is 0. The largest absolute Gasteiger partial charge is 0.341 e. The van der Waals surface area contributed by atoms with Gasteiger partial charge in [0, 0.05) is 19.3 Å². The van der Waals surface area contributed by atoms with Crippen LogP contribution in [0.1, 0.15) is 32.0 Å². The van der Waals surface area contributed by atoms with Gasteiger partial charge in [-0.1, -0.05) is 13.0 Å². The van der Waals surface area contributed by atoms with Gasteiger partial charge in [-0.05, 0) is 25.5 Å². The molecule has 16 heavy (non-hydrogen) atoms. The molecule has 0 spiro atoms. The number of pyridine rings is 1. The van der Waals surface area contributed by atoms with Crippen molar-refractivity contribution in [2.24, 2.45) is 5.73 Å². The van der Waals surface area contributed by atoms with Crippen molar-refractivity contribution >= 4 is 5.91 Å². The van der Waals surface area contributed by atoms with Gasteiger partial charge in [0.15, 0.2) is 0 Å². The third kappa shape index (κ3) is 3.03. The summed E-state index contributed by atoms with van der Waals surface area (Å²) >= 11 is 0. The van der Waals surface area contributed by atoms with Gasteiger partial charge in [0.25, 0.3) is 0 Å². The first-order chi connectivity index (χ1) is 7.70. The predicted molar refractivity (Wildman–Crippen MR) is 63.7 cm³/mol. The summed E-state index contributed by atoms with van der Waals surface area (Å²) in [6, 6.07) is 4.78. The summed E-state index contributed by atoms with van der Waals surface area (Å²) in [5.41, 5.74) is 6.52. The van der Waals surface area contributed by atoms with Crippen molar-refractivity contribution in [3.63, 3.8) is 0 Å². The fraction of sp³-hybridized carbons (Fsp3) is 0.500. The number of amides is 1. The lowest BCUT2D eigenvalue weighted by Crippen LogP contribution is -2.39. The van der Waals surface area contributed by atoms with E-state index in [1.165, 1.54) is 0 Å². The van der Waals surface area contributed by atoms with E-state index < -0.39 is 6.04 Å². The fourth-order valence-electron chi connectivity index (χ4n) is 1.58. The Morgan fingerprint density at radius 2 is 2.25 bits per heavy atom. The van der Waals surface area contributed by atoms with E-state index in [9.17, 15) is 4.79 Å². The number of hydrogen-bond donors (Lipinski definition) is 1. The van der Waals surface area contributed by atoms with Gasteiger partial charge in [0.2, 0.25) is 5.91 Å². The smallest absolute Gasteiger partial charge is 0.245 e. The maximum Gasteiger partial charge on any atom is 0.245 e. The Labute approximate surface area is 96.5 Å². The minimum Gasteiger partial charge on any atom is -0.341 e. The Balaban J connectivity index is 2.73. The van der Waals surface area contributed by atoms with Gasteiger partial charge in [0.1, 0.15) is 6.04 Å².